The summed E-state index contributed by atoms with van der Waals surface area (Å²) in [6.07, 6.45) is -4.47. The molecule has 5 nitrogen and oxygen atoms in total. The molecule has 106 valence electrons. The smallest absolute Gasteiger partial charge is 0.404 e. The SMILES string of the molecule is O=S(=O)(c1ccccc1OC(F)(F)F)N1CCCO1. The largest absolute Gasteiger partial charge is 0.573 e. The summed E-state index contributed by atoms with van der Waals surface area (Å²) in [6.45, 7) is 0.310. The van der Waals surface area contributed by atoms with Crippen molar-refractivity contribution in [2.24, 2.45) is 0 Å². The fraction of sp³-hybridized carbons (Fsp3) is 0.400. The number of rotatable bonds is 3. The van der Waals surface area contributed by atoms with E-state index < -0.39 is 27.0 Å². The molecule has 9 heteroatoms. The van der Waals surface area contributed by atoms with E-state index in [9.17, 15) is 21.6 Å². The van der Waals surface area contributed by atoms with Gasteiger partial charge in [0, 0.05) is 6.54 Å². The number of alkyl halides is 3. The van der Waals surface area contributed by atoms with Crippen molar-refractivity contribution in [1.29, 1.82) is 0 Å². The fourth-order valence-electron chi connectivity index (χ4n) is 1.60. The Bertz CT molecular complexity index is 552. The van der Waals surface area contributed by atoms with E-state index in [0.29, 0.717) is 10.9 Å². The summed E-state index contributed by atoms with van der Waals surface area (Å²) in [5, 5.41) is 0. The maximum atomic E-state index is 12.2. The first-order valence-electron chi connectivity index (χ1n) is 5.31. The van der Waals surface area contributed by atoms with Crippen molar-refractivity contribution in [3.63, 3.8) is 0 Å². The van der Waals surface area contributed by atoms with Crippen molar-refractivity contribution >= 4 is 10.0 Å². The van der Waals surface area contributed by atoms with Crippen LogP contribution in [-0.2, 0) is 14.9 Å². The second-order valence-electron chi connectivity index (χ2n) is 3.71. The molecule has 0 amide bonds. The average molecular weight is 297 g/mol. The fourth-order valence-corrected chi connectivity index (χ4v) is 3.01. The van der Waals surface area contributed by atoms with Gasteiger partial charge >= 0.3 is 6.36 Å². The summed E-state index contributed by atoms with van der Waals surface area (Å²) in [4.78, 5) is 4.29. The highest BCUT2D eigenvalue weighted by Gasteiger charge is 2.36. The van der Waals surface area contributed by atoms with E-state index in [1.165, 1.54) is 12.1 Å². The first kappa shape index (κ1) is 14.1. The maximum absolute atomic E-state index is 12.2. The second kappa shape index (κ2) is 4.99. The quantitative estimate of drug-likeness (QED) is 0.855. The minimum Gasteiger partial charge on any atom is -0.404 e. The van der Waals surface area contributed by atoms with Crippen LogP contribution in [0.4, 0.5) is 13.2 Å². The first-order valence-corrected chi connectivity index (χ1v) is 6.75. The zero-order chi connectivity index (χ0) is 14.1. The van der Waals surface area contributed by atoms with Crippen LogP contribution in [-0.4, -0.2) is 32.4 Å². The molecule has 0 atom stereocenters. The molecule has 1 aliphatic rings. The lowest BCUT2D eigenvalue weighted by atomic mass is 10.3. The Kier molecular flexibility index (Phi) is 3.70. The van der Waals surface area contributed by atoms with Gasteiger partial charge in [0.15, 0.2) is 0 Å². The van der Waals surface area contributed by atoms with Gasteiger partial charge in [-0.05, 0) is 18.6 Å². The third-order valence-electron chi connectivity index (χ3n) is 2.34. The maximum Gasteiger partial charge on any atom is 0.573 e. The lowest BCUT2D eigenvalue weighted by molar-refractivity contribution is -0.275. The van der Waals surface area contributed by atoms with Crippen LogP contribution in [0.2, 0.25) is 0 Å². The van der Waals surface area contributed by atoms with E-state index >= 15 is 0 Å². The van der Waals surface area contributed by atoms with Gasteiger partial charge in [-0.3, -0.25) is 4.84 Å². The van der Waals surface area contributed by atoms with Crippen LogP contribution in [0.15, 0.2) is 29.2 Å². The van der Waals surface area contributed by atoms with Gasteiger partial charge in [0.2, 0.25) is 0 Å². The van der Waals surface area contributed by atoms with Gasteiger partial charge in [-0.25, -0.2) is 8.42 Å². The third kappa shape index (κ3) is 3.17. The van der Waals surface area contributed by atoms with Gasteiger partial charge in [-0.1, -0.05) is 16.6 Å². The van der Waals surface area contributed by atoms with Crippen LogP contribution in [0.1, 0.15) is 6.42 Å². The molecule has 1 heterocycles. The van der Waals surface area contributed by atoms with E-state index in [-0.39, 0.29) is 13.2 Å². The van der Waals surface area contributed by atoms with E-state index in [0.717, 1.165) is 12.1 Å². The molecule has 0 aliphatic carbocycles. The van der Waals surface area contributed by atoms with Gasteiger partial charge in [0.1, 0.15) is 10.6 Å². The molecule has 1 fully saturated rings. The number of hydroxylamine groups is 1. The number of ether oxygens (including phenoxy) is 1. The van der Waals surface area contributed by atoms with Crippen LogP contribution in [0, 0.1) is 0 Å². The zero-order valence-electron chi connectivity index (χ0n) is 9.55. The summed E-state index contributed by atoms with van der Waals surface area (Å²) in [5.74, 6) is -0.773. The predicted molar refractivity (Wildman–Crippen MR) is 57.6 cm³/mol. The summed E-state index contributed by atoms with van der Waals surface area (Å²) < 4.78 is 65.3. The van der Waals surface area contributed by atoms with Gasteiger partial charge in [0.25, 0.3) is 10.0 Å². The van der Waals surface area contributed by atoms with Crippen molar-refractivity contribution in [2.45, 2.75) is 17.7 Å². The molecule has 2 rings (SSSR count). The summed E-state index contributed by atoms with van der Waals surface area (Å²) in [6, 6.07) is 4.55. The molecule has 0 bridgehead atoms. The van der Waals surface area contributed by atoms with E-state index in [1.807, 2.05) is 0 Å². The molecule has 0 unspecified atom stereocenters. The lowest BCUT2D eigenvalue weighted by Gasteiger charge is -2.17. The highest BCUT2D eigenvalue weighted by atomic mass is 32.2. The van der Waals surface area contributed by atoms with Crippen LogP contribution in [0.25, 0.3) is 0 Å². The predicted octanol–water partition coefficient (Wildman–Crippen LogP) is 1.91. The molecule has 1 aliphatic heterocycles. The second-order valence-corrected chi connectivity index (χ2v) is 5.51. The molecule has 1 aromatic rings. The van der Waals surface area contributed by atoms with Crippen molar-refractivity contribution < 1.29 is 31.2 Å². The van der Waals surface area contributed by atoms with Crippen molar-refractivity contribution in [1.82, 2.24) is 4.47 Å². The third-order valence-corrected chi connectivity index (χ3v) is 4.06. The summed E-state index contributed by atoms with van der Waals surface area (Å²) >= 11 is 0. The molecular weight excluding hydrogens is 287 g/mol. The Balaban J connectivity index is 2.39. The number of sulfonamides is 1. The number of nitrogens with zero attached hydrogens (tertiary/aromatic N) is 1. The number of hydrogen-bond acceptors (Lipinski definition) is 4. The number of para-hydroxylation sites is 1. The molecule has 0 aromatic heterocycles. The van der Waals surface area contributed by atoms with Crippen LogP contribution >= 0.6 is 0 Å². The summed E-state index contributed by atoms with van der Waals surface area (Å²) in [5.41, 5.74) is 0. The molecule has 19 heavy (non-hydrogen) atoms. The standard InChI is InChI=1S/C10H10F3NO4S/c11-10(12,13)18-8-4-1-2-5-9(8)19(15,16)14-6-3-7-17-14/h1-2,4-5H,3,6-7H2. The summed E-state index contributed by atoms with van der Waals surface area (Å²) in [7, 11) is -4.16. The minimum atomic E-state index is -4.96. The van der Waals surface area contributed by atoms with Gasteiger partial charge < -0.3 is 4.74 Å². The number of halogens is 3. The Morgan fingerprint density at radius 3 is 2.53 bits per heavy atom. The molecule has 1 saturated heterocycles. The Morgan fingerprint density at radius 1 is 1.26 bits per heavy atom. The van der Waals surface area contributed by atoms with Gasteiger partial charge in [0.05, 0.1) is 6.61 Å². The van der Waals surface area contributed by atoms with Crippen molar-refractivity contribution in [2.75, 3.05) is 13.2 Å². The van der Waals surface area contributed by atoms with Crippen LogP contribution in [0.5, 0.6) is 5.75 Å². The number of benzene rings is 1. The normalized spacial score (nSPS) is 17.6. The van der Waals surface area contributed by atoms with E-state index in [1.54, 1.807) is 0 Å². The average Bonchev–Trinajstić information content (AvgIpc) is 2.81. The monoisotopic (exact) mass is 297 g/mol. The first-order chi connectivity index (χ1) is 8.81. The van der Waals surface area contributed by atoms with E-state index in [4.69, 9.17) is 4.84 Å². The minimum absolute atomic E-state index is 0.0999. The highest BCUT2D eigenvalue weighted by molar-refractivity contribution is 7.89. The van der Waals surface area contributed by atoms with Gasteiger partial charge in [-0.15, -0.1) is 13.2 Å². The molecular formula is C10H10F3NO4S. The zero-order valence-corrected chi connectivity index (χ0v) is 10.4. The molecule has 0 radical (unpaired) electrons. The lowest BCUT2D eigenvalue weighted by Crippen LogP contribution is -2.28. The molecule has 1 aromatic carbocycles. The van der Waals surface area contributed by atoms with Crippen LogP contribution < -0.4 is 4.74 Å². The Hall–Kier alpha value is -1.32. The highest BCUT2D eigenvalue weighted by Crippen LogP contribution is 2.32. The van der Waals surface area contributed by atoms with Crippen molar-refractivity contribution in [3.8, 4) is 5.75 Å². The number of hydrogen-bond donors (Lipinski definition) is 0. The Labute approximate surface area is 107 Å². The molecule has 0 saturated carbocycles. The van der Waals surface area contributed by atoms with Gasteiger partial charge in [-0.2, -0.15) is 0 Å². The molecule has 0 N–H and O–H groups in total. The molecule has 0 spiro atoms. The topological polar surface area (TPSA) is 55.8 Å². The van der Waals surface area contributed by atoms with Crippen LogP contribution in [0.3, 0.4) is 0 Å². The Morgan fingerprint density at radius 2 is 1.95 bits per heavy atom. The van der Waals surface area contributed by atoms with Crippen molar-refractivity contribution in [3.05, 3.63) is 24.3 Å². The van der Waals surface area contributed by atoms with E-state index in [2.05, 4.69) is 4.74 Å².